The number of aryl methyl sites for hydroxylation is 2. The van der Waals surface area contributed by atoms with Crippen molar-refractivity contribution in [1.82, 2.24) is 14.7 Å². The number of anilines is 1. The average molecular weight is 350 g/mol. The number of methoxy groups -OCH3 is 1. The molecule has 0 aliphatic heterocycles. The lowest BCUT2D eigenvalue weighted by Gasteiger charge is -2.15. The minimum Gasteiger partial charge on any atom is -0.465 e. The number of carbonyl (C=O) groups is 2. The summed E-state index contributed by atoms with van der Waals surface area (Å²) in [5.41, 5.74) is 2.31. The number of nitrogens with zero attached hydrogens (tertiary/aromatic N) is 3. The van der Waals surface area contributed by atoms with Crippen LogP contribution in [0.4, 0.5) is 5.00 Å². The Balaban J connectivity index is 2.02. The van der Waals surface area contributed by atoms with Gasteiger partial charge in [0, 0.05) is 30.2 Å². The molecule has 0 atom stereocenters. The highest BCUT2D eigenvalue weighted by atomic mass is 32.1. The fourth-order valence-electron chi connectivity index (χ4n) is 2.40. The van der Waals surface area contributed by atoms with Crippen LogP contribution in [0.2, 0.25) is 0 Å². The van der Waals surface area contributed by atoms with Crippen LogP contribution >= 0.6 is 11.3 Å². The highest BCUT2D eigenvalue weighted by Crippen LogP contribution is 2.32. The van der Waals surface area contributed by atoms with Crippen molar-refractivity contribution in [2.75, 3.05) is 26.0 Å². The van der Waals surface area contributed by atoms with E-state index in [1.165, 1.54) is 18.4 Å². The average Bonchev–Trinajstić information content (AvgIpc) is 3.02. The number of esters is 1. The molecule has 7 nitrogen and oxygen atoms in total. The molecule has 0 bridgehead atoms. The van der Waals surface area contributed by atoms with E-state index in [4.69, 9.17) is 4.74 Å². The number of carbonyl (C=O) groups excluding carboxylic acids is 2. The second-order valence-corrected chi connectivity index (χ2v) is 6.95. The Morgan fingerprint density at radius 3 is 2.71 bits per heavy atom. The minimum absolute atomic E-state index is 0.173. The predicted octanol–water partition coefficient (Wildman–Crippen LogP) is 1.96. The van der Waals surface area contributed by atoms with E-state index >= 15 is 0 Å². The Bertz CT molecular complexity index is 751. The molecule has 0 aromatic carbocycles. The van der Waals surface area contributed by atoms with Crippen LogP contribution in [0, 0.1) is 13.8 Å². The lowest BCUT2D eigenvalue weighted by atomic mass is 10.1. The van der Waals surface area contributed by atoms with Crippen LogP contribution in [-0.4, -0.2) is 47.3 Å². The van der Waals surface area contributed by atoms with Crippen LogP contribution in [0.25, 0.3) is 0 Å². The van der Waals surface area contributed by atoms with Crippen molar-refractivity contribution in [2.45, 2.75) is 20.4 Å². The van der Waals surface area contributed by atoms with Crippen LogP contribution in [0.1, 0.15) is 26.4 Å². The van der Waals surface area contributed by atoms with Gasteiger partial charge in [0.25, 0.3) is 0 Å². The molecule has 0 spiro atoms. The number of likely N-dealkylation sites (N-methyl/N-ethyl adjacent to an activating group) is 1. The smallest absolute Gasteiger partial charge is 0.341 e. The molecule has 1 amide bonds. The first-order valence-corrected chi connectivity index (χ1v) is 8.27. The van der Waals surface area contributed by atoms with Crippen LogP contribution in [0.3, 0.4) is 0 Å². The third kappa shape index (κ3) is 4.21. The molecule has 1 N–H and O–H groups in total. The van der Waals surface area contributed by atoms with Gasteiger partial charge < -0.3 is 10.1 Å². The van der Waals surface area contributed by atoms with Crippen molar-refractivity contribution in [2.24, 2.45) is 7.05 Å². The van der Waals surface area contributed by atoms with Gasteiger partial charge >= 0.3 is 5.97 Å². The summed E-state index contributed by atoms with van der Waals surface area (Å²) < 4.78 is 6.54. The maximum atomic E-state index is 12.3. The van der Waals surface area contributed by atoms with Gasteiger partial charge in [0.1, 0.15) is 5.00 Å². The van der Waals surface area contributed by atoms with Gasteiger partial charge in [-0.25, -0.2) is 4.79 Å². The van der Waals surface area contributed by atoms with Crippen molar-refractivity contribution >= 4 is 28.2 Å². The summed E-state index contributed by atoms with van der Waals surface area (Å²) in [4.78, 5) is 27.1. The van der Waals surface area contributed by atoms with Crippen molar-refractivity contribution < 1.29 is 14.3 Å². The van der Waals surface area contributed by atoms with Crippen LogP contribution in [-0.2, 0) is 23.1 Å². The Hall–Kier alpha value is -2.19. The van der Waals surface area contributed by atoms with Crippen molar-refractivity contribution in [3.8, 4) is 0 Å². The van der Waals surface area contributed by atoms with Crippen molar-refractivity contribution in [3.05, 3.63) is 34.0 Å². The first-order chi connectivity index (χ1) is 11.3. The second kappa shape index (κ2) is 7.59. The van der Waals surface area contributed by atoms with E-state index in [9.17, 15) is 9.59 Å². The molecule has 2 aromatic heterocycles. The zero-order valence-corrected chi connectivity index (χ0v) is 15.4. The molecule has 0 unspecified atom stereocenters. The molecule has 130 valence electrons. The van der Waals surface area contributed by atoms with Gasteiger partial charge in [-0.15, -0.1) is 11.3 Å². The maximum absolute atomic E-state index is 12.3. The normalized spacial score (nSPS) is 10.9. The van der Waals surface area contributed by atoms with E-state index in [1.807, 2.05) is 39.0 Å². The summed E-state index contributed by atoms with van der Waals surface area (Å²) in [6.07, 6.45) is 3.69. The molecule has 0 aliphatic carbocycles. The predicted molar refractivity (Wildman–Crippen MR) is 93.3 cm³/mol. The number of rotatable bonds is 6. The first-order valence-electron chi connectivity index (χ1n) is 7.46. The standard InChI is InChI=1S/C16H22N4O3S/c1-10-11(2)24-15(14(10)16(22)23-5)18-13(21)9-19(3)7-12-6-17-20(4)8-12/h6,8H,7,9H2,1-5H3,(H,18,21). The van der Waals surface area contributed by atoms with E-state index in [-0.39, 0.29) is 12.5 Å². The molecule has 24 heavy (non-hydrogen) atoms. The molecule has 8 heteroatoms. The van der Waals surface area contributed by atoms with E-state index in [1.54, 1.807) is 10.9 Å². The van der Waals surface area contributed by atoms with Gasteiger partial charge in [-0.2, -0.15) is 5.10 Å². The highest BCUT2D eigenvalue weighted by molar-refractivity contribution is 7.16. The molecular formula is C16H22N4O3S. The Kier molecular flexibility index (Phi) is 5.74. The van der Waals surface area contributed by atoms with Gasteiger partial charge in [-0.05, 0) is 26.5 Å². The second-order valence-electron chi connectivity index (χ2n) is 5.72. The first kappa shape index (κ1) is 18.2. The fraction of sp³-hybridized carbons (Fsp3) is 0.438. The van der Waals surface area contributed by atoms with Gasteiger partial charge in [0.2, 0.25) is 5.91 Å². The molecule has 0 radical (unpaired) electrons. The lowest BCUT2D eigenvalue weighted by molar-refractivity contribution is -0.117. The summed E-state index contributed by atoms with van der Waals surface area (Å²) >= 11 is 1.38. The highest BCUT2D eigenvalue weighted by Gasteiger charge is 2.21. The minimum atomic E-state index is -0.434. The molecule has 0 saturated heterocycles. The molecule has 0 saturated carbocycles. The summed E-state index contributed by atoms with van der Waals surface area (Å²) in [5.74, 6) is -0.608. The lowest BCUT2D eigenvalue weighted by Crippen LogP contribution is -2.30. The number of hydrogen-bond donors (Lipinski definition) is 1. The molecule has 2 heterocycles. The zero-order chi connectivity index (χ0) is 17.9. The monoisotopic (exact) mass is 350 g/mol. The van der Waals surface area contributed by atoms with E-state index in [0.717, 1.165) is 16.0 Å². The van der Waals surface area contributed by atoms with Gasteiger partial charge in [0.15, 0.2) is 0 Å². The third-order valence-corrected chi connectivity index (χ3v) is 4.77. The Labute approximate surface area is 145 Å². The topological polar surface area (TPSA) is 76.5 Å². The molecule has 0 fully saturated rings. The number of nitrogens with one attached hydrogen (secondary N) is 1. The number of thiophene rings is 1. The largest absolute Gasteiger partial charge is 0.465 e. The number of hydrogen-bond acceptors (Lipinski definition) is 6. The van der Waals surface area contributed by atoms with Crippen molar-refractivity contribution in [3.63, 3.8) is 0 Å². The SMILES string of the molecule is COC(=O)c1c(NC(=O)CN(C)Cc2cnn(C)c2)sc(C)c1C. The number of amides is 1. The summed E-state index contributed by atoms with van der Waals surface area (Å²) in [6, 6.07) is 0. The summed E-state index contributed by atoms with van der Waals surface area (Å²) in [7, 11) is 5.05. The fourth-order valence-corrected chi connectivity index (χ4v) is 3.46. The number of ether oxygens (including phenoxy) is 1. The molecule has 2 aromatic rings. The van der Waals surface area contributed by atoms with Crippen LogP contribution in [0.5, 0.6) is 0 Å². The van der Waals surface area contributed by atoms with Crippen molar-refractivity contribution in [1.29, 1.82) is 0 Å². The van der Waals surface area contributed by atoms with E-state index < -0.39 is 5.97 Å². The summed E-state index contributed by atoms with van der Waals surface area (Å²) in [6.45, 7) is 4.60. The maximum Gasteiger partial charge on any atom is 0.341 e. The van der Waals surface area contributed by atoms with E-state index in [0.29, 0.717) is 17.1 Å². The third-order valence-electron chi connectivity index (χ3n) is 3.65. The molecule has 0 aliphatic rings. The molecular weight excluding hydrogens is 328 g/mol. The van der Waals surface area contributed by atoms with E-state index in [2.05, 4.69) is 10.4 Å². The van der Waals surface area contributed by atoms with Gasteiger partial charge in [-0.1, -0.05) is 0 Å². The quantitative estimate of drug-likeness (QED) is 0.806. The van der Waals surface area contributed by atoms with Gasteiger partial charge in [0.05, 0.1) is 25.4 Å². The molecule has 2 rings (SSSR count). The van der Waals surface area contributed by atoms with Crippen LogP contribution < -0.4 is 5.32 Å². The number of aromatic nitrogens is 2. The van der Waals surface area contributed by atoms with Gasteiger partial charge in [-0.3, -0.25) is 14.4 Å². The Morgan fingerprint density at radius 1 is 1.42 bits per heavy atom. The Morgan fingerprint density at radius 2 is 2.12 bits per heavy atom. The zero-order valence-electron chi connectivity index (χ0n) is 14.5. The summed E-state index contributed by atoms with van der Waals surface area (Å²) in [5, 5.41) is 7.47. The van der Waals surface area contributed by atoms with Crippen LogP contribution in [0.15, 0.2) is 12.4 Å².